The number of carboxylic acid groups (broad SMARTS) is 1. The number of aliphatic carboxylic acids is 1. The number of rotatable bonds is 10. The number of aromatic nitrogens is 2. The lowest BCUT2D eigenvalue weighted by molar-refractivity contribution is -0.139. The number of nitrogens with one attached hydrogen (secondary N) is 2. The van der Waals surface area contributed by atoms with Crippen molar-refractivity contribution in [1.82, 2.24) is 15.3 Å². The average molecular weight is 381 g/mol. The molecule has 8 heteroatoms. The first kappa shape index (κ1) is 19.2. The molecule has 1 aromatic heterocycles. The molecule has 0 unspecified atom stereocenters. The van der Waals surface area contributed by atoms with Crippen LogP contribution in [0.3, 0.4) is 0 Å². The van der Waals surface area contributed by atoms with Crippen LogP contribution in [0.4, 0.5) is 0 Å². The van der Waals surface area contributed by atoms with Crippen molar-refractivity contribution in [2.75, 3.05) is 19.7 Å². The number of hydrogen-bond acceptors (Lipinski definition) is 6. The van der Waals surface area contributed by atoms with Gasteiger partial charge in [0, 0.05) is 5.56 Å². The van der Waals surface area contributed by atoms with Gasteiger partial charge in [-0.2, -0.15) is 0 Å². The number of Topliss-reactive ketones (excluding diaryl/α,β-unsaturated/α-hetero) is 2. The maximum Gasteiger partial charge on any atom is 0.341 e. The van der Waals surface area contributed by atoms with Crippen LogP contribution < -0.4 is 10.1 Å². The number of carboxylic acids is 1. The molecule has 3 rings (SSSR count). The Morgan fingerprint density at radius 3 is 2.50 bits per heavy atom. The van der Waals surface area contributed by atoms with Crippen LogP contribution in [-0.2, 0) is 16.0 Å². The first-order valence-electron chi connectivity index (χ1n) is 8.65. The van der Waals surface area contributed by atoms with Crippen LogP contribution in [0.25, 0.3) is 11.0 Å². The number of carbonyl (C=O) groups excluding carboxylic acids is 2. The van der Waals surface area contributed by atoms with E-state index in [0.29, 0.717) is 17.1 Å². The van der Waals surface area contributed by atoms with E-state index in [0.717, 1.165) is 11.0 Å². The molecule has 0 aliphatic heterocycles. The number of imidazole rings is 1. The zero-order valence-electron chi connectivity index (χ0n) is 15.0. The molecule has 3 N–H and O–H groups in total. The highest BCUT2D eigenvalue weighted by molar-refractivity contribution is 5.98. The second-order valence-electron chi connectivity index (χ2n) is 6.15. The van der Waals surface area contributed by atoms with Gasteiger partial charge in [0.05, 0.1) is 30.5 Å². The second-order valence-corrected chi connectivity index (χ2v) is 6.15. The molecule has 3 aromatic rings. The predicted octanol–water partition coefficient (Wildman–Crippen LogP) is 1.61. The summed E-state index contributed by atoms with van der Waals surface area (Å²) >= 11 is 0. The molecule has 2 aromatic carbocycles. The standard InChI is InChI=1S/C20H19N3O5/c24-14(9-19-22-16-3-1-2-4-17(16)23-19)10-21-11-18(25)13-5-7-15(8-6-13)28-12-20(26)27/h1-8,21H,9-12H2,(H,22,23)(H,26,27). The molecule has 0 fully saturated rings. The highest BCUT2D eigenvalue weighted by atomic mass is 16.5. The van der Waals surface area contributed by atoms with E-state index in [-0.39, 0.29) is 31.1 Å². The molecule has 0 aliphatic rings. The van der Waals surface area contributed by atoms with Crippen LogP contribution in [0.15, 0.2) is 48.5 Å². The lowest BCUT2D eigenvalue weighted by atomic mass is 10.1. The number of nitrogens with zero attached hydrogens (tertiary/aromatic N) is 1. The first-order chi connectivity index (χ1) is 13.5. The van der Waals surface area contributed by atoms with Crippen molar-refractivity contribution in [2.45, 2.75) is 6.42 Å². The Labute approximate surface area is 160 Å². The molecule has 0 spiro atoms. The van der Waals surface area contributed by atoms with Gasteiger partial charge in [-0.25, -0.2) is 9.78 Å². The summed E-state index contributed by atoms with van der Waals surface area (Å²) < 4.78 is 5.01. The van der Waals surface area contributed by atoms with Crippen LogP contribution in [0.1, 0.15) is 16.2 Å². The Bertz CT molecular complexity index is 962. The van der Waals surface area contributed by atoms with E-state index in [1.165, 1.54) is 12.1 Å². The Kier molecular flexibility index (Phi) is 6.13. The van der Waals surface area contributed by atoms with Crippen LogP contribution in [0, 0.1) is 0 Å². The molecular formula is C20H19N3O5. The minimum atomic E-state index is -1.07. The van der Waals surface area contributed by atoms with E-state index in [9.17, 15) is 14.4 Å². The number of para-hydroxylation sites is 2. The maximum absolute atomic E-state index is 12.2. The highest BCUT2D eigenvalue weighted by Gasteiger charge is 2.10. The van der Waals surface area contributed by atoms with Gasteiger partial charge in [-0.15, -0.1) is 0 Å². The van der Waals surface area contributed by atoms with Gasteiger partial charge in [0.1, 0.15) is 11.6 Å². The summed E-state index contributed by atoms with van der Waals surface area (Å²) in [5, 5.41) is 11.4. The quantitative estimate of drug-likeness (QED) is 0.456. The van der Waals surface area contributed by atoms with Crippen molar-refractivity contribution in [1.29, 1.82) is 0 Å². The van der Waals surface area contributed by atoms with E-state index in [2.05, 4.69) is 15.3 Å². The van der Waals surface area contributed by atoms with Gasteiger partial charge >= 0.3 is 5.97 Å². The summed E-state index contributed by atoms with van der Waals surface area (Å²) in [5.74, 6) is -0.369. The number of hydrogen-bond donors (Lipinski definition) is 3. The van der Waals surface area contributed by atoms with Gasteiger partial charge in [0.25, 0.3) is 0 Å². The zero-order valence-corrected chi connectivity index (χ0v) is 15.0. The van der Waals surface area contributed by atoms with E-state index >= 15 is 0 Å². The monoisotopic (exact) mass is 381 g/mol. The van der Waals surface area contributed by atoms with Gasteiger partial charge in [-0.3, -0.25) is 9.59 Å². The van der Waals surface area contributed by atoms with Gasteiger partial charge in [-0.1, -0.05) is 12.1 Å². The molecule has 28 heavy (non-hydrogen) atoms. The van der Waals surface area contributed by atoms with Gasteiger partial charge in [0.2, 0.25) is 0 Å². The second kappa shape index (κ2) is 8.92. The lowest BCUT2D eigenvalue weighted by Gasteiger charge is -2.06. The SMILES string of the molecule is O=C(O)COc1ccc(C(=O)CNCC(=O)Cc2nc3ccccc3[nH]2)cc1. The normalized spacial score (nSPS) is 10.7. The molecule has 144 valence electrons. The first-order valence-corrected chi connectivity index (χ1v) is 8.65. The average Bonchev–Trinajstić information content (AvgIpc) is 3.08. The summed E-state index contributed by atoms with van der Waals surface area (Å²) in [6.07, 6.45) is 0.158. The molecule has 0 aliphatic carbocycles. The number of benzene rings is 2. The lowest BCUT2D eigenvalue weighted by Crippen LogP contribution is -2.29. The van der Waals surface area contributed by atoms with Gasteiger partial charge < -0.3 is 20.1 Å². The van der Waals surface area contributed by atoms with Gasteiger partial charge in [0.15, 0.2) is 18.2 Å². The molecule has 0 radical (unpaired) electrons. The summed E-state index contributed by atoms with van der Waals surface area (Å²) in [7, 11) is 0. The third-order valence-electron chi connectivity index (χ3n) is 3.95. The largest absolute Gasteiger partial charge is 0.482 e. The summed E-state index contributed by atoms with van der Waals surface area (Å²) in [5.41, 5.74) is 2.13. The highest BCUT2D eigenvalue weighted by Crippen LogP contribution is 2.13. The van der Waals surface area contributed by atoms with Crippen molar-refractivity contribution in [2.24, 2.45) is 0 Å². The Morgan fingerprint density at radius 2 is 1.79 bits per heavy atom. The molecular weight excluding hydrogens is 362 g/mol. The van der Waals surface area contributed by atoms with E-state index < -0.39 is 12.6 Å². The molecule has 0 amide bonds. The molecule has 8 nitrogen and oxygen atoms in total. The fraction of sp³-hybridized carbons (Fsp3) is 0.200. The van der Waals surface area contributed by atoms with E-state index in [1.807, 2.05) is 24.3 Å². The predicted molar refractivity (Wildman–Crippen MR) is 102 cm³/mol. The Morgan fingerprint density at radius 1 is 1.04 bits per heavy atom. The number of aromatic amines is 1. The summed E-state index contributed by atoms with van der Waals surface area (Å²) in [6.45, 7) is -0.369. The maximum atomic E-state index is 12.2. The van der Waals surface area contributed by atoms with E-state index in [1.54, 1.807) is 12.1 Å². The smallest absolute Gasteiger partial charge is 0.341 e. The molecule has 0 bridgehead atoms. The minimum absolute atomic E-state index is 0.0151. The Hall–Kier alpha value is -3.52. The Balaban J connectivity index is 1.44. The van der Waals surface area contributed by atoms with Crippen LogP contribution in [0.2, 0.25) is 0 Å². The summed E-state index contributed by atoms with van der Waals surface area (Å²) in [4.78, 5) is 42.2. The van der Waals surface area contributed by atoms with Crippen LogP contribution in [-0.4, -0.2) is 52.3 Å². The van der Waals surface area contributed by atoms with Gasteiger partial charge in [-0.05, 0) is 36.4 Å². The number of ether oxygens (including phenoxy) is 1. The molecule has 0 atom stereocenters. The molecule has 1 heterocycles. The minimum Gasteiger partial charge on any atom is -0.482 e. The number of carbonyl (C=O) groups is 3. The molecule has 0 saturated heterocycles. The third kappa shape index (κ3) is 5.24. The topological polar surface area (TPSA) is 121 Å². The number of fused-ring (bicyclic) bond motifs is 1. The third-order valence-corrected chi connectivity index (χ3v) is 3.95. The van der Waals surface area contributed by atoms with Crippen molar-refractivity contribution >= 4 is 28.6 Å². The van der Waals surface area contributed by atoms with Crippen molar-refractivity contribution in [3.8, 4) is 5.75 Å². The van der Waals surface area contributed by atoms with Crippen molar-refractivity contribution in [3.05, 3.63) is 59.9 Å². The van der Waals surface area contributed by atoms with Crippen molar-refractivity contribution in [3.63, 3.8) is 0 Å². The number of H-pyrrole nitrogens is 1. The molecule has 0 saturated carbocycles. The van der Waals surface area contributed by atoms with E-state index in [4.69, 9.17) is 9.84 Å². The van der Waals surface area contributed by atoms with Crippen molar-refractivity contribution < 1.29 is 24.2 Å². The fourth-order valence-electron chi connectivity index (χ4n) is 2.64. The zero-order chi connectivity index (χ0) is 19.9. The van der Waals surface area contributed by atoms with Crippen LogP contribution in [0.5, 0.6) is 5.75 Å². The van der Waals surface area contributed by atoms with Crippen LogP contribution >= 0.6 is 0 Å². The summed E-state index contributed by atoms with van der Waals surface area (Å²) in [6, 6.07) is 13.7. The fourth-order valence-corrected chi connectivity index (χ4v) is 2.64. The number of ketones is 2.